The van der Waals surface area contributed by atoms with Crippen molar-refractivity contribution < 1.29 is 23.9 Å². The molecule has 1 atom stereocenters. The van der Waals surface area contributed by atoms with Gasteiger partial charge in [0.1, 0.15) is 9.88 Å². The number of halogens is 1. The van der Waals surface area contributed by atoms with Crippen LogP contribution in [-0.2, 0) is 20.8 Å². The van der Waals surface area contributed by atoms with Crippen LogP contribution in [0.25, 0.3) is 0 Å². The van der Waals surface area contributed by atoms with Gasteiger partial charge in [0, 0.05) is 0 Å². The van der Waals surface area contributed by atoms with Gasteiger partial charge in [-0.05, 0) is 26.3 Å². The van der Waals surface area contributed by atoms with Crippen molar-refractivity contribution in [1.29, 1.82) is 0 Å². The van der Waals surface area contributed by atoms with E-state index >= 15 is 0 Å². The zero-order chi connectivity index (χ0) is 21.2. The molecule has 2 aromatic heterocycles. The smallest absolute Gasteiger partial charge is 0.348 e. The summed E-state index contributed by atoms with van der Waals surface area (Å²) >= 11 is 7.12. The number of rotatable bonds is 6. The molecule has 28 heavy (non-hydrogen) atoms. The molecule has 2 heterocycles. The van der Waals surface area contributed by atoms with E-state index in [1.165, 1.54) is 14.2 Å². The summed E-state index contributed by atoms with van der Waals surface area (Å²) in [7, 11) is 2.48. The summed E-state index contributed by atoms with van der Waals surface area (Å²) in [6, 6.07) is 0. The maximum atomic E-state index is 12.7. The number of ether oxygens (including phenoxy) is 2. The van der Waals surface area contributed by atoms with Crippen molar-refractivity contribution in [2.75, 3.05) is 19.5 Å². The molecule has 2 rings (SSSR count). The van der Waals surface area contributed by atoms with Gasteiger partial charge >= 0.3 is 11.9 Å². The summed E-state index contributed by atoms with van der Waals surface area (Å²) in [5, 5.41) is 7.86. The van der Waals surface area contributed by atoms with Crippen LogP contribution in [-0.4, -0.2) is 41.8 Å². The molecule has 0 bridgehead atoms. The largest absolute Gasteiger partial charge is 0.465 e. The SMILES string of the molecule is COC(=O)c1sc(NC(=O)C(C)Cn2nc(C)c(Cl)c2C)c(C(=O)OC)c1C. The lowest BCUT2D eigenvalue weighted by Gasteiger charge is -2.13. The number of amides is 1. The molecule has 152 valence electrons. The number of nitrogens with zero attached hydrogens (tertiary/aromatic N) is 2. The molecule has 0 aliphatic carbocycles. The number of nitrogens with one attached hydrogen (secondary N) is 1. The van der Waals surface area contributed by atoms with Gasteiger partial charge in [0.15, 0.2) is 0 Å². The van der Waals surface area contributed by atoms with Crippen molar-refractivity contribution >= 4 is 45.8 Å². The number of carbonyl (C=O) groups is 3. The fraction of sp³-hybridized carbons (Fsp3) is 0.444. The lowest BCUT2D eigenvalue weighted by Crippen LogP contribution is -2.25. The molecule has 8 nitrogen and oxygen atoms in total. The highest BCUT2D eigenvalue weighted by Crippen LogP contribution is 2.34. The summed E-state index contributed by atoms with van der Waals surface area (Å²) < 4.78 is 11.2. The Morgan fingerprint density at radius 2 is 1.79 bits per heavy atom. The minimum atomic E-state index is -0.641. The molecule has 0 saturated heterocycles. The first-order valence-corrected chi connectivity index (χ1v) is 9.62. The van der Waals surface area contributed by atoms with Crippen LogP contribution in [0.4, 0.5) is 5.00 Å². The molecule has 0 aliphatic heterocycles. The van der Waals surface area contributed by atoms with Gasteiger partial charge in [0.2, 0.25) is 5.91 Å². The predicted octanol–water partition coefficient (Wildman–Crippen LogP) is 3.37. The molecule has 0 spiro atoms. The number of aryl methyl sites for hydroxylation is 1. The lowest BCUT2D eigenvalue weighted by atomic mass is 10.1. The summed E-state index contributed by atoms with van der Waals surface area (Å²) in [6.45, 7) is 7.27. The molecular formula is C18H22ClN3O5S. The van der Waals surface area contributed by atoms with Crippen molar-refractivity contribution in [3.8, 4) is 0 Å². The van der Waals surface area contributed by atoms with Crippen LogP contribution < -0.4 is 5.32 Å². The standard InChI is InChI=1S/C18H22ClN3O5S/c1-8(7-22-11(4)13(19)10(3)21-22)15(23)20-16-12(17(24)26-5)9(2)14(28-16)18(25)27-6/h8H,7H2,1-6H3,(H,20,23). The van der Waals surface area contributed by atoms with E-state index in [1.54, 1.807) is 25.5 Å². The molecule has 0 saturated carbocycles. The minimum Gasteiger partial charge on any atom is -0.465 e. The normalized spacial score (nSPS) is 11.8. The second kappa shape index (κ2) is 8.74. The Hall–Kier alpha value is -2.39. The van der Waals surface area contributed by atoms with Crippen LogP contribution in [0, 0.1) is 26.7 Å². The minimum absolute atomic E-state index is 0.141. The fourth-order valence-corrected chi connectivity index (χ4v) is 3.92. The molecular weight excluding hydrogens is 406 g/mol. The zero-order valence-corrected chi connectivity index (χ0v) is 18.1. The maximum Gasteiger partial charge on any atom is 0.348 e. The van der Waals surface area contributed by atoms with E-state index < -0.39 is 17.9 Å². The third kappa shape index (κ3) is 4.20. The van der Waals surface area contributed by atoms with Crippen molar-refractivity contribution in [1.82, 2.24) is 9.78 Å². The van der Waals surface area contributed by atoms with Crippen LogP contribution >= 0.6 is 22.9 Å². The van der Waals surface area contributed by atoms with Gasteiger partial charge in [0.05, 0.1) is 48.7 Å². The number of hydrogen-bond donors (Lipinski definition) is 1. The number of carbonyl (C=O) groups excluding carboxylic acids is 3. The van der Waals surface area contributed by atoms with Crippen molar-refractivity contribution in [3.63, 3.8) is 0 Å². The number of esters is 2. The van der Waals surface area contributed by atoms with Crippen LogP contribution in [0.15, 0.2) is 0 Å². The number of methoxy groups -OCH3 is 2. The number of hydrogen-bond acceptors (Lipinski definition) is 7. The summed E-state index contributed by atoms with van der Waals surface area (Å²) in [5.74, 6) is -2.02. The Balaban J connectivity index is 2.28. The lowest BCUT2D eigenvalue weighted by molar-refractivity contribution is -0.119. The average molecular weight is 428 g/mol. The third-order valence-electron chi connectivity index (χ3n) is 4.33. The average Bonchev–Trinajstić information content (AvgIpc) is 3.11. The zero-order valence-electron chi connectivity index (χ0n) is 16.5. The molecule has 0 fully saturated rings. The highest BCUT2D eigenvalue weighted by molar-refractivity contribution is 7.18. The first-order valence-electron chi connectivity index (χ1n) is 8.42. The van der Waals surface area contributed by atoms with Gasteiger partial charge in [-0.3, -0.25) is 9.48 Å². The monoisotopic (exact) mass is 427 g/mol. The van der Waals surface area contributed by atoms with Gasteiger partial charge < -0.3 is 14.8 Å². The molecule has 1 unspecified atom stereocenters. The molecule has 2 aromatic rings. The van der Waals surface area contributed by atoms with Gasteiger partial charge in [-0.15, -0.1) is 11.3 Å². The summed E-state index contributed by atoms with van der Waals surface area (Å²) in [6.07, 6.45) is 0. The third-order valence-corrected chi connectivity index (χ3v) is 6.07. The molecule has 1 amide bonds. The highest BCUT2D eigenvalue weighted by Gasteiger charge is 2.28. The van der Waals surface area contributed by atoms with Crippen LogP contribution in [0.2, 0.25) is 5.02 Å². The van der Waals surface area contributed by atoms with E-state index in [1.807, 2.05) is 6.92 Å². The predicted molar refractivity (Wildman–Crippen MR) is 106 cm³/mol. The Morgan fingerprint density at radius 1 is 1.18 bits per heavy atom. The Morgan fingerprint density at radius 3 is 2.29 bits per heavy atom. The molecule has 0 aromatic carbocycles. The van der Waals surface area contributed by atoms with E-state index in [-0.39, 0.29) is 21.3 Å². The molecule has 1 N–H and O–H groups in total. The highest BCUT2D eigenvalue weighted by atomic mass is 35.5. The van der Waals surface area contributed by atoms with E-state index in [9.17, 15) is 14.4 Å². The second-order valence-electron chi connectivity index (χ2n) is 6.30. The van der Waals surface area contributed by atoms with Crippen LogP contribution in [0.5, 0.6) is 0 Å². The number of aromatic nitrogens is 2. The molecule has 10 heteroatoms. The van der Waals surface area contributed by atoms with Gasteiger partial charge in [0.25, 0.3) is 0 Å². The van der Waals surface area contributed by atoms with Gasteiger partial charge in [-0.1, -0.05) is 18.5 Å². The topological polar surface area (TPSA) is 99.5 Å². The summed E-state index contributed by atoms with van der Waals surface area (Å²) in [4.78, 5) is 37.0. The van der Waals surface area contributed by atoms with E-state index in [4.69, 9.17) is 21.1 Å². The van der Waals surface area contributed by atoms with Crippen LogP contribution in [0.3, 0.4) is 0 Å². The van der Waals surface area contributed by atoms with Crippen molar-refractivity contribution in [2.45, 2.75) is 34.2 Å². The Bertz CT molecular complexity index is 934. The number of anilines is 1. The first kappa shape index (κ1) is 21.9. The summed E-state index contributed by atoms with van der Waals surface area (Å²) in [5.41, 5.74) is 2.00. The molecule has 0 aliphatic rings. The number of thiophene rings is 1. The molecule has 0 radical (unpaired) electrons. The quantitative estimate of drug-likeness (QED) is 0.709. The second-order valence-corrected chi connectivity index (χ2v) is 7.70. The Kier molecular flexibility index (Phi) is 6.84. The van der Waals surface area contributed by atoms with Crippen molar-refractivity contribution in [3.05, 3.63) is 32.4 Å². The van der Waals surface area contributed by atoms with E-state index in [0.717, 1.165) is 17.0 Å². The maximum absolute atomic E-state index is 12.7. The van der Waals surface area contributed by atoms with Gasteiger partial charge in [-0.25, -0.2) is 9.59 Å². The Labute approximate surface area is 171 Å². The van der Waals surface area contributed by atoms with Crippen LogP contribution in [0.1, 0.15) is 43.9 Å². The van der Waals surface area contributed by atoms with Crippen molar-refractivity contribution in [2.24, 2.45) is 5.92 Å². The van der Waals surface area contributed by atoms with Gasteiger partial charge in [-0.2, -0.15) is 5.10 Å². The van der Waals surface area contributed by atoms with E-state index in [2.05, 4.69) is 10.4 Å². The fourth-order valence-electron chi connectivity index (χ4n) is 2.67. The first-order chi connectivity index (χ1) is 13.1. The van der Waals surface area contributed by atoms with E-state index in [0.29, 0.717) is 22.8 Å².